The number of nitrogens with zero attached hydrogens (tertiary/aromatic N) is 1. The van der Waals surface area contributed by atoms with Crippen LogP contribution in [0, 0.1) is 6.92 Å². The summed E-state index contributed by atoms with van der Waals surface area (Å²) in [6, 6.07) is 16.0. The van der Waals surface area contributed by atoms with Gasteiger partial charge in [-0.1, -0.05) is 29.8 Å². The van der Waals surface area contributed by atoms with Gasteiger partial charge >= 0.3 is 0 Å². The minimum absolute atomic E-state index is 0.0547. The number of carbonyl (C=O) groups is 1. The van der Waals surface area contributed by atoms with Gasteiger partial charge in [0.15, 0.2) is 0 Å². The number of amides is 1. The van der Waals surface area contributed by atoms with E-state index in [1.807, 2.05) is 43.3 Å². The van der Waals surface area contributed by atoms with Crippen LogP contribution in [0.15, 0.2) is 48.5 Å². The Morgan fingerprint density at radius 1 is 1.00 bits per heavy atom. The molecule has 1 aliphatic carbocycles. The van der Waals surface area contributed by atoms with Gasteiger partial charge in [0.2, 0.25) is 0 Å². The summed E-state index contributed by atoms with van der Waals surface area (Å²) in [5.74, 6) is -0.0547. The number of fused-ring (bicyclic) bond motifs is 2. The Labute approximate surface area is 172 Å². The highest BCUT2D eigenvalue weighted by molar-refractivity contribution is 7.23. The van der Waals surface area contributed by atoms with E-state index in [4.69, 9.17) is 4.98 Å². The van der Waals surface area contributed by atoms with Gasteiger partial charge in [-0.3, -0.25) is 4.79 Å². The summed E-state index contributed by atoms with van der Waals surface area (Å²) < 4.78 is 1.18. The highest BCUT2D eigenvalue weighted by Gasteiger charge is 2.25. The molecule has 1 amide bonds. The number of nitrogens with one attached hydrogen (secondary N) is 1. The fourth-order valence-electron chi connectivity index (χ4n) is 3.74. The monoisotopic (exact) mass is 404 g/mol. The molecular formula is C23H20N2OS2. The summed E-state index contributed by atoms with van der Waals surface area (Å²) in [7, 11) is 0. The van der Waals surface area contributed by atoms with Crippen LogP contribution in [-0.4, -0.2) is 10.9 Å². The molecule has 1 N–H and O–H groups in total. The van der Waals surface area contributed by atoms with E-state index in [-0.39, 0.29) is 5.91 Å². The number of aryl methyl sites for hydroxylation is 2. The number of anilines is 1. The standard InChI is InChI=1S/C23H20N2OS2/c1-14-10-12-15(13-11-14)21(26)25-23-20(16-6-2-4-8-18(16)27-23)22-24-17-7-3-5-9-19(17)28-22/h3,5,7,9-13H,2,4,6,8H2,1H3,(H,25,26). The predicted molar refractivity (Wildman–Crippen MR) is 119 cm³/mol. The van der Waals surface area contributed by atoms with Crippen LogP contribution in [0.25, 0.3) is 20.8 Å². The number of hydrogen-bond donors (Lipinski definition) is 1. The quantitative estimate of drug-likeness (QED) is 0.425. The average molecular weight is 405 g/mol. The first kappa shape index (κ1) is 17.6. The molecule has 0 saturated heterocycles. The van der Waals surface area contributed by atoms with Gasteiger partial charge in [-0.15, -0.1) is 22.7 Å². The van der Waals surface area contributed by atoms with Crippen molar-refractivity contribution in [1.29, 1.82) is 0 Å². The first-order valence-electron chi connectivity index (χ1n) is 9.57. The number of benzene rings is 2. The highest BCUT2D eigenvalue weighted by atomic mass is 32.1. The number of rotatable bonds is 3. The largest absolute Gasteiger partial charge is 0.313 e. The maximum absolute atomic E-state index is 12.9. The van der Waals surface area contributed by atoms with E-state index in [1.54, 1.807) is 22.7 Å². The van der Waals surface area contributed by atoms with Crippen LogP contribution in [0.5, 0.6) is 0 Å². The lowest BCUT2D eigenvalue weighted by Crippen LogP contribution is -2.11. The van der Waals surface area contributed by atoms with Crippen LogP contribution in [0.3, 0.4) is 0 Å². The molecule has 140 valence electrons. The first-order valence-corrected chi connectivity index (χ1v) is 11.2. The Morgan fingerprint density at radius 2 is 1.79 bits per heavy atom. The lowest BCUT2D eigenvalue weighted by atomic mass is 9.95. The predicted octanol–water partition coefficient (Wildman–Crippen LogP) is 6.46. The molecule has 0 fully saturated rings. The van der Waals surface area contributed by atoms with Crippen molar-refractivity contribution in [2.24, 2.45) is 0 Å². The molecule has 4 aromatic rings. The Morgan fingerprint density at radius 3 is 2.61 bits per heavy atom. The van der Waals surface area contributed by atoms with Gasteiger partial charge in [0.25, 0.3) is 5.91 Å². The second-order valence-corrected chi connectivity index (χ2v) is 9.36. The number of thiophene rings is 1. The molecular weight excluding hydrogens is 384 g/mol. The third-order valence-electron chi connectivity index (χ3n) is 5.22. The molecule has 2 aromatic heterocycles. The van der Waals surface area contributed by atoms with Crippen molar-refractivity contribution in [2.75, 3.05) is 5.32 Å². The summed E-state index contributed by atoms with van der Waals surface area (Å²) in [6.45, 7) is 2.03. The summed E-state index contributed by atoms with van der Waals surface area (Å²) in [4.78, 5) is 19.2. The number of thiazole rings is 1. The fourth-order valence-corrected chi connectivity index (χ4v) is 6.13. The van der Waals surface area contributed by atoms with Crippen molar-refractivity contribution in [3.8, 4) is 10.6 Å². The molecule has 5 heteroatoms. The lowest BCUT2D eigenvalue weighted by Gasteiger charge is -2.11. The second-order valence-electron chi connectivity index (χ2n) is 7.22. The van der Waals surface area contributed by atoms with Crippen molar-refractivity contribution in [1.82, 2.24) is 4.98 Å². The van der Waals surface area contributed by atoms with Crippen molar-refractivity contribution in [3.05, 3.63) is 70.1 Å². The van der Waals surface area contributed by atoms with Crippen LogP contribution in [-0.2, 0) is 12.8 Å². The van der Waals surface area contributed by atoms with Gasteiger partial charge in [0, 0.05) is 16.0 Å². The molecule has 3 nitrogen and oxygen atoms in total. The minimum Gasteiger partial charge on any atom is -0.313 e. The van der Waals surface area contributed by atoms with Crippen molar-refractivity contribution in [3.63, 3.8) is 0 Å². The summed E-state index contributed by atoms with van der Waals surface area (Å²) in [5, 5.41) is 5.15. The molecule has 0 unspecified atom stereocenters. The fraction of sp³-hybridized carbons (Fsp3) is 0.217. The van der Waals surface area contributed by atoms with E-state index in [9.17, 15) is 4.79 Å². The summed E-state index contributed by atoms with van der Waals surface area (Å²) >= 11 is 3.44. The number of carbonyl (C=O) groups excluding carboxylic acids is 1. The number of hydrogen-bond acceptors (Lipinski definition) is 4. The molecule has 0 spiro atoms. The molecule has 1 aliphatic rings. The zero-order valence-electron chi connectivity index (χ0n) is 15.6. The molecule has 28 heavy (non-hydrogen) atoms. The van der Waals surface area contributed by atoms with Crippen LogP contribution in [0.2, 0.25) is 0 Å². The van der Waals surface area contributed by atoms with Crippen molar-refractivity contribution >= 4 is 43.8 Å². The number of aromatic nitrogens is 1. The Bertz CT molecular complexity index is 1140. The smallest absolute Gasteiger partial charge is 0.256 e. The maximum Gasteiger partial charge on any atom is 0.256 e. The van der Waals surface area contributed by atoms with Crippen LogP contribution < -0.4 is 5.32 Å². The van der Waals surface area contributed by atoms with E-state index in [1.165, 1.54) is 28.0 Å². The van der Waals surface area contributed by atoms with Gasteiger partial charge in [-0.25, -0.2) is 4.98 Å². The SMILES string of the molecule is Cc1ccc(C(=O)Nc2sc3c(c2-c2nc4ccccc4s2)CCCC3)cc1. The van der Waals surface area contributed by atoms with Gasteiger partial charge in [-0.05, 0) is 62.4 Å². The third kappa shape index (κ3) is 3.15. The zero-order valence-corrected chi connectivity index (χ0v) is 17.3. The maximum atomic E-state index is 12.9. The van der Waals surface area contributed by atoms with Gasteiger partial charge in [0.05, 0.1) is 10.2 Å². The summed E-state index contributed by atoms with van der Waals surface area (Å²) in [5.41, 5.74) is 5.38. The van der Waals surface area contributed by atoms with E-state index < -0.39 is 0 Å². The van der Waals surface area contributed by atoms with Crippen LogP contribution in [0.1, 0.15) is 39.2 Å². The zero-order chi connectivity index (χ0) is 19.1. The normalized spacial score (nSPS) is 13.5. The average Bonchev–Trinajstić information content (AvgIpc) is 3.28. The van der Waals surface area contributed by atoms with Gasteiger partial charge in [0.1, 0.15) is 10.0 Å². The molecule has 2 heterocycles. The number of para-hydroxylation sites is 1. The Balaban J connectivity index is 1.58. The second kappa shape index (κ2) is 7.15. The summed E-state index contributed by atoms with van der Waals surface area (Å²) in [6.07, 6.45) is 4.58. The van der Waals surface area contributed by atoms with Crippen LogP contribution in [0.4, 0.5) is 5.00 Å². The van der Waals surface area contributed by atoms with E-state index in [0.717, 1.165) is 39.5 Å². The van der Waals surface area contributed by atoms with Crippen LogP contribution >= 0.6 is 22.7 Å². The van der Waals surface area contributed by atoms with Gasteiger partial charge < -0.3 is 5.32 Å². The van der Waals surface area contributed by atoms with Gasteiger partial charge in [-0.2, -0.15) is 0 Å². The van der Waals surface area contributed by atoms with E-state index in [2.05, 4.69) is 17.4 Å². The minimum atomic E-state index is -0.0547. The Hall–Kier alpha value is -2.50. The van der Waals surface area contributed by atoms with E-state index >= 15 is 0 Å². The van der Waals surface area contributed by atoms with E-state index in [0.29, 0.717) is 5.56 Å². The third-order valence-corrected chi connectivity index (χ3v) is 7.48. The highest BCUT2D eigenvalue weighted by Crippen LogP contribution is 2.46. The Kier molecular flexibility index (Phi) is 4.49. The molecule has 0 atom stereocenters. The molecule has 0 saturated carbocycles. The molecule has 0 radical (unpaired) electrons. The topological polar surface area (TPSA) is 42.0 Å². The van der Waals surface area contributed by atoms with Crippen molar-refractivity contribution < 1.29 is 4.79 Å². The first-order chi connectivity index (χ1) is 13.7. The molecule has 0 bridgehead atoms. The lowest BCUT2D eigenvalue weighted by molar-refractivity contribution is 0.102. The molecule has 5 rings (SSSR count). The molecule has 2 aromatic carbocycles. The molecule has 0 aliphatic heterocycles. The van der Waals surface area contributed by atoms with Crippen molar-refractivity contribution in [2.45, 2.75) is 32.6 Å².